The Kier molecular flexibility index (Phi) is 9.92. The monoisotopic (exact) mass is 453 g/mol. The van der Waals surface area contributed by atoms with E-state index in [0.717, 1.165) is 19.6 Å². The van der Waals surface area contributed by atoms with E-state index in [1.807, 2.05) is 0 Å². The SMILES string of the molecule is c1ccc2cc3c(CN4CCOCCOCCOCCOCCOCC4)cccc3cc2c1. The normalized spacial score (nSPS) is 19.3. The van der Waals surface area contributed by atoms with Gasteiger partial charge in [-0.3, -0.25) is 4.90 Å². The second-order valence-corrected chi connectivity index (χ2v) is 8.18. The molecule has 3 aromatic rings. The first kappa shape index (κ1) is 24.1. The number of ether oxygens (including phenoxy) is 5. The van der Waals surface area contributed by atoms with Crippen LogP contribution in [0.5, 0.6) is 0 Å². The van der Waals surface area contributed by atoms with Gasteiger partial charge in [0, 0.05) is 19.6 Å². The Morgan fingerprint density at radius 3 is 1.58 bits per heavy atom. The molecule has 3 aromatic carbocycles. The second kappa shape index (κ2) is 13.6. The van der Waals surface area contributed by atoms with E-state index < -0.39 is 0 Å². The molecule has 6 heteroatoms. The van der Waals surface area contributed by atoms with Crippen LogP contribution >= 0.6 is 0 Å². The first-order chi connectivity index (χ1) is 16.4. The van der Waals surface area contributed by atoms with E-state index in [-0.39, 0.29) is 0 Å². The van der Waals surface area contributed by atoms with Crippen LogP contribution in [0.25, 0.3) is 21.5 Å². The molecule has 1 aliphatic heterocycles. The highest BCUT2D eigenvalue weighted by Crippen LogP contribution is 2.26. The van der Waals surface area contributed by atoms with Crippen LogP contribution in [0, 0.1) is 0 Å². The van der Waals surface area contributed by atoms with Crippen molar-refractivity contribution in [1.29, 1.82) is 0 Å². The van der Waals surface area contributed by atoms with Crippen molar-refractivity contribution in [1.82, 2.24) is 4.90 Å². The van der Waals surface area contributed by atoms with Gasteiger partial charge >= 0.3 is 0 Å². The summed E-state index contributed by atoms with van der Waals surface area (Å²) < 4.78 is 28.2. The number of hydrogen-bond donors (Lipinski definition) is 0. The smallest absolute Gasteiger partial charge is 0.0701 e. The molecule has 178 valence electrons. The second-order valence-electron chi connectivity index (χ2n) is 8.18. The Bertz CT molecular complexity index is 961. The summed E-state index contributed by atoms with van der Waals surface area (Å²) in [7, 11) is 0. The van der Waals surface area contributed by atoms with E-state index in [4.69, 9.17) is 23.7 Å². The largest absolute Gasteiger partial charge is 0.378 e. The molecule has 33 heavy (non-hydrogen) atoms. The van der Waals surface area contributed by atoms with Gasteiger partial charge < -0.3 is 23.7 Å². The zero-order valence-electron chi connectivity index (χ0n) is 19.4. The molecule has 1 fully saturated rings. The minimum Gasteiger partial charge on any atom is -0.378 e. The molecule has 4 rings (SSSR count). The van der Waals surface area contributed by atoms with E-state index in [1.165, 1.54) is 27.1 Å². The maximum atomic E-state index is 5.82. The highest BCUT2D eigenvalue weighted by molar-refractivity contribution is 5.99. The quantitative estimate of drug-likeness (QED) is 0.549. The predicted octanol–water partition coefficient (Wildman–Crippen LogP) is 3.89. The van der Waals surface area contributed by atoms with E-state index in [2.05, 4.69) is 59.5 Å². The van der Waals surface area contributed by atoms with Gasteiger partial charge in [-0.25, -0.2) is 0 Å². The molecule has 0 amide bonds. The van der Waals surface area contributed by atoms with Crippen LogP contribution in [0.3, 0.4) is 0 Å². The topological polar surface area (TPSA) is 49.4 Å². The standard InChI is InChI=1S/C27H35NO5/c1-2-5-24-21-27-25(20-23(24)4-1)6-3-7-26(27)22-28-8-10-29-12-14-31-16-18-33-19-17-32-15-13-30-11-9-28/h1-7,20-21H,8-19,22H2. The lowest BCUT2D eigenvalue weighted by molar-refractivity contribution is -0.0189. The summed E-state index contributed by atoms with van der Waals surface area (Å²) in [6.45, 7) is 8.52. The van der Waals surface area contributed by atoms with Gasteiger partial charge in [-0.15, -0.1) is 0 Å². The van der Waals surface area contributed by atoms with Crippen LogP contribution in [-0.2, 0) is 30.2 Å². The molecular weight excluding hydrogens is 418 g/mol. The molecule has 0 radical (unpaired) electrons. The average molecular weight is 454 g/mol. The first-order valence-corrected chi connectivity index (χ1v) is 11.9. The summed E-state index contributed by atoms with van der Waals surface area (Å²) in [6, 6.07) is 19.7. The van der Waals surface area contributed by atoms with Crippen molar-refractivity contribution in [3.05, 3.63) is 60.2 Å². The van der Waals surface area contributed by atoms with E-state index in [0.29, 0.717) is 66.1 Å². The van der Waals surface area contributed by atoms with Gasteiger partial charge in [0.1, 0.15) is 0 Å². The zero-order chi connectivity index (χ0) is 22.6. The zero-order valence-corrected chi connectivity index (χ0v) is 19.4. The van der Waals surface area contributed by atoms with Gasteiger partial charge in [-0.1, -0.05) is 42.5 Å². The van der Waals surface area contributed by atoms with Crippen molar-refractivity contribution in [2.24, 2.45) is 0 Å². The Morgan fingerprint density at radius 2 is 1.00 bits per heavy atom. The van der Waals surface area contributed by atoms with Crippen molar-refractivity contribution in [2.45, 2.75) is 6.54 Å². The van der Waals surface area contributed by atoms with Gasteiger partial charge in [-0.05, 0) is 39.2 Å². The highest BCUT2D eigenvalue weighted by Gasteiger charge is 2.10. The number of benzene rings is 3. The highest BCUT2D eigenvalue weighted by atomic mass is 16.6. The number of nitrogens with zero attached hydrogens (tertiary/aromatic N) is 1. The lowest BCUT2D eigenvalue weighted by Gasteiger charge is -2.23. The number of hydrogen-bond acceptors (Lipinski definition) is 6. The lowest BCUT2D eigenvalue weighted by Crippen LogP contribution is -2.31. The number of rotatable bonds is 2. The molecular formula is C27H35NO5. The molecule has 0 bridgehead atoms. The van der Waals surface area contributed by atoms with Crippen molar-refractivity contribution in [3.63, 3.8) is 0 Å². The first-order valence-electron chi connectivity index (χ1n) is 11.9. The molecule has 0 atom stereocenters. The molecule has 6 nitrogen and oxygen atoms in total. The fourth-order valence-corrected chi connectivity index (χ4v) is 4.05. The van der Waals surface area contributed by atoms with Crippen LogP contribution in [0.4, 0.5) is 0 Å². The van der Waals surface area contributed by atoms with Gasteiger partial charge in [0.25, 0.3) is 0 Å². The van der Waals surface area contributed by atoms with Gasteiger partial charge in [0.2, 0.25) is 0 Å². The Hall–Kier alpha value is -2.06. The van der Waals surface area contributed by atoms with Gasteiger partial charge in [-0.2, -0.15) is 0 Å². The van der Waals surface area contributed by atoms with Crippen LogP contribution in [0.1, 0.15) is 5.56 Å². The van der Waals surface area contributed by atoms with Crippen LogP contribution in [0.2, 0.25) is 0 Å². The van der Waals surface area contributed by atoms with E-state index in [9.17, 15) is 0 Å². The summed E-state index contributed by atoms with van der Waals surface area (Å²) in [5.74, 6) is 0. The molecule has 1 saturated heterocycles. The Labute approximate surface area is 196 Å². The third-order valence-corrected chi connectivity index (χ3v) is 5.82. The third-order valence-electron chi connectivity index (χ3n) is 5.82. The van der Waals surface area contributed by atoms with Crippen LogP contribution in [0.15, 0.2) is 54.6 Å². The molecule has 0 spiro atoms. The summed E-state index contributed by atoms with van der Waals surface area (Å²) >= 11 is 0. The van der Waals surface area contributed by atoms with Crippen LogP contribution in [-0.4, -0.2) is 84.1 Å². The third kappa shape index (κ3) is 7.74. The minimum absolute atomic E-state index is 0.577. The summed E-state index contributed by atoms with van der Waals surface area (Å²) in [5, 5.41) is 5.13. The maximum absolute atomic E-state index is 5.82. The fraction of sp³-hybridized carbons (Fsp3) is 0.481. The Morgan fingerprint density at radius 1 is 0.515 bits per heavy atom. The van der Waals surface area contributed by atoms with Gasteiger partial charge in [0.15, 0.2) is 0 Å². The van der Waals surface area contributed by atoms with E-state index >= 15 is 0 Å². The summed E-state index contributed by atoms with van der Waals surface area (Å²) in [5.41, 5.74) is 1.33. The van der Waals surface area contributed by atoms with Crippen molar-refractivity contribution in [3.8, 4) is 0 Å². The molecule has 0 unspecified atom stereocenters. The lowest BCUT2D eigenvalue weighted by atomic mass is 9.99. The molecule has 0 aromatic heterocycles. The Balaban J connectivity index is 1.41. The minimum atomic E-state index is 0.577. The molecule has 0 saturated carbocycles. The van der Waals surface area contributed by atoms with Crippen molar-refractivity contribution < 1.29 is 23.7 Å². The fourth-order valence-electron chi connectivity index (χ4n) is 4.05. The maximum Gasteiger partial charge on any atom is 0.0701 e. The molecule has 1 aliphatic rings. The van der Waals surface area contributed by atoms with E-state index in [1.54, 1.807) is 0 Å². The van der Waals surface area contributed by atoms with Crippen molar-refractivity contribution in [2.75, 3.05) is 79.2 Å². The van der Waals surface area contributed by atoms with Gasteiger partial charge in [0.05, 0.1) is 66.1 Å². The molecule has 0 N–H and O–H groups in total. The molecule has 0 aliphatic carbocycles. The average Bonchev–Trinajstić information content (AvgIpc) is 2.84. The van der Waals surface area contributed by atoms with Crippen molar-refractivity contribution >= 4 is 21.5 Å². The molecule has 1 heterocycles. The summed E-state index contributed by atoms with van der Waals surface area (Å²) in [6.07, 6.45) is 0. The predicted molar refractivity (Wildman–Crippen MR) is 131 cm³/mol. The number of fused-ring (bicyclic) bond motifs is 2. The summed E-state index contributed by atoms with van der Waals surface area (Å²) in [4.78, 5) is 2.41. The van der Waals surface area contributed by atoms with Crippen LogP contribution < -0.4 is 0 Å².